The van der Waals surface area contributed by atoms with Crippen LogP contribution in [0.15, 0.2) is 29.2 Å². The molecule has 0 amide bonds. The Morgan fingerprint density at radius 3 is 2.22 bits per heavy atom. The lowest BCUT2D eigenvalue weighted by Crippen LogP contribution is -2.15. The van der Waals surface area contributed by atoms with Crippen LogP contribution in [0.4, 0.5) is 0 Å². The average molecular weight is 291 g/mol. The van der Waals surface area contributed by atoms with E-state index in [0.717, 1.165) is 5.56 Å². The smallest absolute Gasteiger partial charge is 0.313 e. The Morgan fingerprint density at radius 2 is 1.83 bits per heavy atom. The Hall–Kier alpha value is -1.07. The van der Waals surface area contributed by atoms with Crippen LogP contribution in [0.5, 0.6) is 0 Å². The van der Waals surface area contributed by atoms with Crippen molar-refractivity contribution in [3.63, 3.8) is 0 Å². The van der Waals surface area contributed by atoms with Gasteiger partial charge in [0.05, 0.1) is 17.4 Å². The fourth-order valence-corrected chi connectivity index (χ4v) is 2.41. The van der Waals surface area contributed by atoms with E-state index in [2.05, 4.69) is 0 Å². The van der Waals surface area contributed by atoms with Crippen LogP contribution >= 0.6 is 10.7 Å². The van der Waals surface area contributed by atoms with Crippen molar-refractivity contribution in [2.24, 2.45) is 0 Å². The second-order valence-corrected chi connectivity index (χ2v) is 6.29. The molecule has 0 N–H and O–H groups in total. The van der Waals surface area contributed by atoms with Crippen LogP contribution < -0.4 is 0 Å². The van der Waals surface area contributed by atoms with E-state index < -0.39 is 9.05 Å². The summed E-state index contributed by atoms with van der Waals surface area (Å²) in [4.78, 5) is 11.7. The highest BCUT2D eigenvalue weighted by Crippen LogP contribution is 2.23. The first-order valence-electron chi connectivity index (χ1n) is 5.61. The van der Waals surface area contributed by atoms with E-state index in [1.807, 2.05) is 6.92 Å². The zero-order valence-corrected chi connectivity index (χ0v) is 11.8. The van der Waals surface area contributed by atoms with Crippen molar-refractivity contribution in [3.05, 3.63) is 29.8 Å². The molecule has 0 bridgehead atoms. The second-order valence-electron chi connectivity index (χ2n) is 3.72. The Balaban J connectivity index is 2.99. The molecule has 0 radical (unpaired) electrons. The summed E-state index contributed by atoms with van der Waals surface area (Å²) in [6.45, 7) is 3.94. The highest BCUT2D eigenvalue weighted by molar-refractivity contribution is 8.13. The summed E-state index contributed by atoms with van der Waals surface area (Å²) in [5.41, 5.74) is 0.722. The minimum absolute atomic E-state index is 0.0200. The van der Waals surface area contributed by atoms with Crippen molar-refractivity contribution >= 4 is 25.7 Å². The monoisotopic (exact) mass is 290 g/mol. The molecule has 1 aromatic rings. The molecule has 18 heavy (non-hydrogen) atoms. The molecule has 0 fully saturated rings. The molecule has 1 atom stereocenters. The van der Waals surface area contributed by atoms with Gasteiger partial charge in [-0.15, -0.1) is 0 Å². The van der Waals surface area contributed by atoms with Gasteiger partial charge in [0.15, 0.2) is 0 Å². The van der Waals surface area contributed by atoms with Gasteiger partial charge in [-0.1, -0.05) is 19.1 Å². The zero-order valence-electron chi connectivity index (χ0n) is 10.2. The van der Waals surface area contributed by atoms with Gasteiger partial charge in [0.2, 0.25) is 0 Å². The van der Waals surface area contributed by atoms with Crippen molar-refractivity contribution in [2.75, 3.05) is 6.61 Å². The molecule has 0 aliphatic carbocycles. The van der Waals surface area contributed by atoms with Crippen LogP contribution in [0.25, 0.3) is 0 Å². The van der Waals surface area contributed by atoms with Crippen molar-refractivity contribution in [2.45, 2.75) is 31.1 Å². The molecule has 1 unspecified atom stereocenters. The summed E-state index contributed by atoms with van der Waals surface area (Å²) < 4.78 is 27.2. The molecule has 0 aliphatic rings. The summed E-state index contributed by atoms with van der Waals surface area (Å²) in [5, 5.41) is 0. The SMILES string of the molecule is CCOC(=O)C(CC)c1ccc(S(=O)(=O)Cl)cc1. The predicted molar refractivity (Wildman–Crippen MR) is 69.1 cm³/mol. The number of ether oxygens (including phenoxy) is 1. The summed E-state index contributed by atoms with van der Waals surface area (Å²) in [5.74, 6) is -0.682. The molecule has 0 saturated carbocycles. The Labute approximate surface area is 111 Å². The molecule has 1 aromatic carbocycles. The second kappa shape index (κ2) is 6.20. The number of carbonyl (C=O) groups excluding carboxylic acids is 1. The Kier molecular flexibility index (Phi) is 5.16. The molecule has 1 rings (SSSR count). The molecule has 0 heterocycles. The largest absolute Gasteiger partial charge is 0.466 e. The molecule has 0 aromatic heterocycles. The van der Waals surface area contributed by atoms with Gasteiger partial charge in [-0.05, 0) is 31.0 Å². The summed E-state index contributed by atoms with van der Waals surface area (Å²) in [6.07, 6.45) is 0.589. The number of esters is 1. The van der Waals surface area contributed by atoms with Crippen LogP contribution in [-0.4, -0.2) is 21.0 Å². The maximum absolute atomic E-state index is 11.7. The van der Waals surface area contributed by atoms with E-state index in [4.69, 9.17) is 15.4 Å². The minimum Gasteiger partial charge on any atom is -0.466 e. The van der Waals surface area contributed by atoms with E-state index in [-0.39, 0.29) is 16.8 Å². The Morgan fingerprint density at radius 1 is 1.28 bits per heavy atom. The van der Waals surface area contributed by atoms with Crippen LogP contribution in [0, 0.1) is 0 Å². The summed E-state index contributed by atoms with van der Waals surface area (Å²) >= 11 is 0. The minimum atomic E-state index is -3.73. The maximum Gasteiger partial charge on any atom is 0.313 e. The van der Waals surface area contributed by atoms with Crippen LogP contribution in [-0.2, 0) is 18.6 Å². The zero-order chi connectivity index (χ0) is 13.8. The molecule has 0 aliphatic heterocycles. The van der Waals surface area contributed by atoms with Crippen molar-refractivity contribution < 1.29 is 17.9 Å². The van der Waals surface area contributed by atoms with E-state index in [1.54, 1.807) is 19.1 Å². The fraction of sp³-hybridized carbons (Fsp3) is 0.417. The molecule has 100 valence electrons. The molecular formula is C12H15ClO4S. The van der Waals surface area contributed by atoms with Gasteiger partial charge >= 0.3 is 5.97 Å². The van der Waals surface area contributed by atoms with E-state index in [9.17, 15) is 13.2 Å². The van der Waals surface area contributed by atoms with Gasteiger partial charge in [0, 0.05) is 10.7 Å². The number of halogens is 1. The molecule has 0 spiro atoms. The van der Waals surface area contributed by atoms with E-state index in [1.165, 1.54) is 12.1 Å². The topological polar surface area (TPSA) is 60.4 Å². The highest BCUT2D eigenvalue weighted by Gasteiger charge is 2.20. The van der Waals surface area contributed by atoms with Gasteiger partial charge in [-0.2, -0.15) is 0 Å². The van der Waals surface area contributed by atoms with Gasteiger partial charge in [-0.3, -0.25) is 4.79 Å². The lowest BCUT2D eigenvalue weighted by molar-refractivity contribution is -0.145. The molecule has 0 saturated heterocycles. The lowest BCUT2D eigenvalue weighted by Gasteiger charge is -2.13. The third kappa shape index (κ3) is 3.71. The van der Waals surface area contributed by atoms with Crippen molar-refractivity contribution in [1.82, 2.24) is 0 Å². The predicted octanol–water partition coefficient (Wildman–Crippen LogP) is 2.67. The first kappa shape index (κ1) is 15.0. The first-order chi connectivity index (χ1) is 8.40. The van der Waals surface area contributed by atoms with Gasteiger partial charge in [0.25, 0.3) is 9.05 Å². The number of benzene rings is 1. The van der Waals surface area contributed by atoms with Gasteiger partial charge < -0.3 is 4.74 Å². The van der Waals surface area contributed by atoms with E-state index >= 15 is 0 Å². The summed E-state index contributed by atoms with van der Waals surface area (Å²) in [7, 11) is 1.49. The fourth-order valence-electron chi connectivity index (χ4n) is 1.64. The van der Waals surface area contributed by atoms with Gasteiger partial charge in [0.1, 0.15) is 0 Å². The molecular weight excluding hydrogens is 276 g/mol. The molecule has 6 heteroatoms. The highest BCUT2D eigenvalue weighted by atomic mass is 35.7. The standard InChI is InChI=1S/C12H15ClO4S/c1-3-11(12(14)17-4-2)9-5-7-10(8-6-9)18(13,15)16/h5-8,11H,3-4H2,1-2H3. The average Bonchev–Trinajstić information content (AvgIpc) is 2.30. The number of carbonyl (C=O) groups is 1. The third-order valence-electron chi connectivity index (χ3n) is 2.54. The van der Waals surface area contributed by atoms with E-state index in [0.29, 0.717) is 13.0 Å². The normalized spacial score (nSPS) is 13.1. The number of hydrogen-bond acceptors (Lipinski definition) is 4. The van der Waals surface area contributed by atoms with Crippen molar-refractivity contribution in [3.8, 4) is 0 Å². The Bertz CT molecular complexity index is 507. The summed E-state index contributed by atoms with van der Waals surface area (Å²) in [6, 6.07) is 5.94. The number of hydrogen-bond donors (Lipinski definition) is 0. The third-order valence-corrected chi connectivity index (χ3v) is 3.91. The number of rotatable bonds is 5. The lowest BCUT2D eigenvalue weighted by atomic mass is 9.97. The first-order valence-corrected chi connectivity index (χ1v) is 7.92. The molecule has 4 nitrogen and oxygen atoms in total. The van der Waals surface area contributed by atoms with Crippen LogP contribution in [0.1, 0.15) is 31.7 Å². The van der Waals surface area contributed by atoms with Gasteiger partial charge in [-0.25, -0.2) is 8.42 Å². The maximum atomic E-state index is 11.7. The van der Waals surface area contributed by atoms with Crippen LogP contribution in [0.3, 0.4) is 0 Å². The van der Waals surface area contributed by atoms with Crippen molar-refractivity contribution in [1.29, 1.82) is 0 Å². The van der Waals surface area contributed by atoms with Crippen LogP contribution in [0.2, 0.25) is 0 Å². The quantitative estimate of drug-likeness (QED) is 0.618.